The Morgan fingerprint density at radius 2 is 2.05 bits per heavy atom. The maximum Gasteiger partial charge on any atom is 0.251 e. The van der Waals surface area contributed by atoms with Gasteiger partial charge in [0.1, 0.15) is 0 Å². The smallest absolute Gasteiger partial charge is 0.251 e. The third-order valence-corrected chi connectivity index (χ3v) is 8.27. The number of carbonyl (C=O) groups is 1. The molecule has 37 heavy (non-hydrogen) atoms. The Hall–Kier alpha value is -3.22. The van der Waals surface area contributed by atoms with Gasteiger partial charge >= 0.3 is 0 Å². The van der Waals surface area contributed by atoms with E-state index in [9.17, 15) is 4.79 Å². The number of likely N-dealkylation sites (tertiary alicyclic amines) is 1. The van der Waals surface area contributed by atoms with Crippen LogP contribution in [0.5, 0.6) is 0 Å². The normalized spacial score (nSPS) is 16.4. The van der Waals surface area contributed by atoms with E-state index >= 15 is 0 Å². The molecule has 3 heterocycles. The molecule has 5 N–H and O–H groups in total. The molecular formula is C29H34N6OS. The molecule has 0 radical (unpaired) electrons. The lowest BCUT2D eigenvalue weighted by Gasteiger charge is -2.26. The van der Waals surface area contributed by atoms with Crippen molar-refractivity contribution >= 4 is 32.4 Å². The summed E-state index contributed by atoms with van der Waals surface area (Å²) in [7, 11) is 0. The number of hydrogen-bond donors (Lipinski definition) is 3. The van der Waals surface area contributed by atoms with Gasteiger partial charge < -0.3 is 21.7 Å². The van der Waals surface area contributed by atoms with E-state index in [-0.39, 0.29) is 5.91 Å². The Kier molecular flexibility index (Phi) is 7.31. The third kappa shape index (κ3) is 5.86. The first kappa shape index (κ1) is 25.4. The highest BCUT2D eigenvalue weighted by atomic mass is 32.1. The molecule has 7 nitrogen and oxygen atoms in total. The standard InChI is InChI=1S/C29H34N6OS/c1-3-4-12-29(30,31)13-15-34-14-11-21(18-34)17-32-27(36)23-9-10-25-26(16-23)37-28-33-24(19-35(25)28)22-7-5-20(2)6-8-22/h1,5-10,16,19,21H,4,11-15,17-18,30-31H2,2H3,(H,32,36)/t21-/m1/s1. The molecule has 2 aromatic heterocycles. The lowest BCUT2D eigenvalue weighted by Crippen LogP contribution is -2.51. The number of thiazole rings is 1. The number of nitrogens with one attached hydrogen (secondary N) is 1. The van der Waals surface area contributed by atoms with Gasteiger partial charge in [-0.2, -0.15) is 0 Å². The molecule has 1 aliphatic heterocycles. The molecule has 0 bridgehead atoms. The first-order valence-corrected chi connectivity index (χ1v) is 13.6. The van der Waals surface area contributed by atoms with Crippen molar-refractivity contribution in [3.8, 4) is 23.6 Å². The second kappa shape index (κ2) is 10.6. The lowest BCUT2D eigenvalue weighted by molar-refractivity contribution is 0.0947. The second-order valence-electron chi connectivity index (χ2n) is 10.3. The van der Waals surface area contributed by atoms with Crippen molar-refractivity contribution in [3.05, 3.63) is 59.8 Å². The van der Waals surface area contributed by atoms with E-state index in [0.29, 0.717) is 37.3 Å². The number of benzene rings is 2. The monoisotopic (exact) mass is 514 g/mol. The van der Waals surface area contributed by atoms with Crippen LogP contribution in [0.25, 0.3) is 26.4 Å². The first-order chi connectivity index (χ1) is 17.8. The van der Waals surface area contributed by atoms with E-state index in [0.717, 1.165) is 52.5 Å². The summed E-state index contributed by atoms with van der Waals surface area (Å²) >= 11 is 1.60. The number of carbonyl (C=O) groups excluding carboxylic acids is 1. The van der Waals surface area contributed by atoms with Crippen LogP contribution in [0.1, 0.15) is 41.6 Å². The largest absolute Gasteiger partial charge is 0.352 e. The second-order valence-corrected chi connectivity index (χ2v) is 11.3. The van der Waals surface area contributed by atoms with Gasteiger partial charge in [0.2, 0.25) is 0 Å². The van der Waals surface area contributed by atoms with E-state index in [1.807, 2.05) is 18.2 Å². The van der Waals surface area contributed by atoms with Crippen LogP contribution in [0.15, 0.2) is 48.7 Å². The van der Waals surface area contributed by atoms with Gasteiger partial charge in [-0.05, 0) is 56.8 Å². The van der Waals surface area contributed by atoms with E-state index < -0.39 is 5.66 Å². The fourth-order valence-electron chi connectivity index (χ4n) is 4.92. The van der Waals surface area contributed by atoms with Crippen LogP contribution in [0.3, 0.4) is 0 Å². The summed E-state index contributed by atoms with van der Waals surface area (Å²) in [6.45, 7) is 5.53. The van der Waals surface area contributed by atoms with Crippen LogP contribution in [0.2, 0.25) is 0 Å². The topological polar surface area (TPSA) is 102 Å². The number of nitrogens with zero attached hydrogens (tertiary/aromatic N) is 3. The number of nitrogens with two attached hydrogens (primary N) is 2. The molecule has 1 saturated heterocycles. The third-order valence-electron chi connectivity index (χ3n) is 7.25. The van der Waals surface area contributed by atoms with E-state index in [1.165, 1.54) is 5.56 Å². The molecule has 0 unspecified atom stereocenters. The molecule has 1 atom stereocenters. The van der Waals surface area contributed by atoms with Crippen molar-refractivity contribution in [3.63, 3.8) is 0 Å². The van der Waals surface area contributed by atoms with Crippen LogP contribution in [-0.2, 0) is 0 Å². The average Bonchev–Trinajstić information content (AvgIpc) is 3.60. The van der Waals surface area contributed by atoms with Gasteiger partial charge in [0.15, 0.2) is 4.96 Å². The molecule has 5 rings (SSSR count). The van der Waals surface area contributed by atoms with E-state index in [2.05, 4.69) is 57.9 Å². The van der Waals surface area contributed by atoms with Gasteiger partial charge in [0.25, 0.3) is 5.91 Å². The van der Waals surface area contributed by atoms with Crippen LogP contribution in [0.4, 0.5) is 0 Å². The number of imidazole rings is 1. The fraction of sp³-hybridized carbons (Fsp3) is 0.379. The number of fused-ring (bicyclic) bond motifs is 3. The van der Waals surface area contributed by atoms with Crippen LogP contribution < -0.4 is 16.8 Å². The maximum absolute atomic E-state index is 12.9. The molecule has 4 aromatic rings. The Morgan fingerprint density at radius 1 is 1.24 bits per heavy atom. The van der Waals surface area contributed by atoms with E-state index in [1.54, 1.807) is 11.3 Å². The zero-order valence-electron chi connectivity index (χ0n) is 21.2. The fourth-order valence-corrected chi connectivity index (χ4v) is 5.97. The Bertz CT molecular complexity index is 1450. The van der Waals surface area contributed by atoms with Crippen LogP contribution in [-0.4, -0.2) is 52.0 Å². The summed E-state index contributed by atoms with van der Waals surface area (Å²) in [6.07, 6.45) is 10.4. The molecule has 8 heteroatoms. The van der Waals surface area contributed by atoms with Crippen molar-refractivity contribution in [2.75, 3.05) is 26.2 Å². The SMILES string of the molecule is C#CCCC(N)(N)CCN1CC[C@H](CNC(=O)c2ccc3c(c2)sc2nc(-c4ccc(C)cc4)cn23)C1. The number of aryl methyl sites for hydroxylation is 1. The minimum Gasteiger partial charge on any atom is -0.352 e. The van der Waals surface area contributed by atoms with Gasteiger partial charge in [0.05, 0.1) is 21.6 Å². The summed E-state index contributed by atoms with van der Waals surface area (Å²) < 4.78 is 3.16. The minimum absolute atomic E-state index is 0.0380. The van der Waals surface area contributed by atoms with Gasteiger partial charge in [-0.15, -0.1) is 12.3 Å². The predicted molar refractivity (Wildman–Crippen MR) is 151 cm³/mol. The van der Waals surface area contributed by atoms with Crippen molar-refractivity contribution < 1.29 is 4.79 Å². The number of amides is 1. The van der Waals surface area contributed by atoms with Crippen molar-refractivity contribution in [1.29, 1.82) is 0 Å². The molecule has 192 valence electrons. The quantitative estimate of drug-likeness (QED) is 0.232. The highest BCUT2D eigenvalue weighted by Crippen LogP contribution is 2.30. The number of terminal acetylenes is 1. The summed E-state index contributed by atoms with van der Waals surface area (Å²) in [5, 5.41) is 3.13. The zero-order valence-corrected chi connectivity index (χ0v) is 22.1. The number of aromatic nitrogens is 2. The Labute approximate surface area is 221 Å². The highest BCUT2D eigenvalue weighted by Gasteiger charge is 2.26. The molecule has 1 fully saturated rings. The summed E-state index contributed by atoms with van der Waals surface area (Å²) in [5.74, 6) is 2.99. The Balaban J connectivity index is 1.17. The van der Waals surface area contributed by atoms with Crippen LogP contribution >= 0.6 is 11.3 Å². The predicted octanol–water partition coefficient (Wildman–Crippen LogP) is 3.99. The van der Waals surface area contributed by atoms with Gasteiger partial charge in [-0.3, -0.25) is 9.20 Å². The molecule has 0 aliphatic carbocycles. The summed E-state index contributed by atoms with van der Waals surface area (Å²) in [4.78, 5) is 21.0. The summed E-state index contributed by atoms with van der Waals surface area (Å²) in [5.41, 5.74) is 16.6. The van der Waals surface area contributed by atoms with Crippen LogP contribution in [0, 0.1) is 25.2 Å². The minimum atomic E-state index is -0.719. The van der Waals surface area contributed by atoms with Crippen molar-refractivity contribution in [2.24, 2.45) is 17.4 Å². The van der Waals surface area contributed by atoms with Gasteiger partial charge in [0, 0.05) is 43.4 Å². The molecule has 0 saturated carbocycles. The molecule has 1 aliphatic rings. The zero-order chi connectivity index (χ0) is 26.0. The molecule has 2 aromatic carbocycles. The lowest BCUT2D eigenvalue weighted by atomic mass is 10.0. The average molecular weight is 515 g/mol. The Morgan fingerprint density at radius 3 is 2.84 bits per heavy atom. The van der Waals surface area contributed by atoms with Crippen molar-refractivity contribution in [2.45, 2.75) is 38.3 Å². The molecule has 0 spiro atoms. The maximum atomic E-state index is 12.9. The first-order valence-electron chi connectivity index (χ1n) is 12.8. The highest BCUT2D eigenvalue weighted by molar-refractivity contribution is 7.23. The van der Waals surface area contributed by atoms with E-state index in [4.69, 9.17) is 22.9 Å². The molecular weight excluding hydrogens is 480 g/mol. The summed E-state index contributed by atoms with van der Waals surface area (Å²) in [6, 6.07) is 14.3. The number of rotatable bonds is 9. The van der Waals surface area contributed by atoms with Gasteiger partial charge in [-0.1, -0.05) is 41.2 Å². The van der Waals surface area contributed by atoms with Crippen molar-refractivity contribution in [1.82, 2.24) is 19.6 Å². The molecule has 1 amide bonds. The van der Waals surface area contributed by atoms with Gasteiger partial charge in [-0.25, -0.2) is 4.98 Å². The number of hydrogen-bond acceptors (Lipinski definition) is 6.